The number of ketones is 1. The number of furan rings is 1. The summed E-state index contributed by atoms with van der Waals surface area (Å²) in [5.41, 5.74) is 0.440. The second kappa shape index (κ2) is 6.33. The van der Waals surface area contributed by atoms with Crippen LogP contribution < -0.4 is 0 Å². The second-order valence-corrected chi connectivity index (χ2v) is 6.87. The van der Waals surface area contributed by atoms with Crippen molar-refractivity contribution in [1.82, 2.24) is 0 Å². The zero-order valence-electron chi connectivity index (χ0n) is 12.7. The molecule has 4 heteroatoms. The van der Waals surface area contributed by atoms with Gasteiger partial charge in [-0.1, -0.05) is 48.8 Å². The molecule has 1 aromatic carbocycles. The van der Waals surface area contributed by atoms with E-state index >= 15 is 0 Å². The molecule has 0 aliphatic rings. The molecule has 2 aromatic rings. The lowest BCUT2D eigenvalue weighted by Crippen LogP contribution is -2.21. The van der Waals surface area contributed by atoms with Crippen molar-refractivity contribution in [3.8, 4) is 17.4 Å². The van der Waals surface area contributed by atoms with Gasteiger partial charge < -0.3 is 4.42 Å². The Balaban J connectivity index is 2.31. The highest BCUT2D eigenvalue weighted by molar-refractivity contribution is 9.10. The molecule has 1 aromatic heterocycles. The molecule has 22 heavy (non-hydrogen) atoms. The summed E-state index contributed by atoms with van der Waals surface area (Å²) in [6, 6.07) is 13.3. The minimum absolute atomic E-state index is 0.101. The van der Waals surface area contributed by atoms with E-state index in [4.69, 9.17) is 4.42 Å². The normalized spacial score (nSPS) is 12.0. The van der Waals surface area contributed by atoms with Gasteiger partial charge in [-0.05, 0) is 24.3 Å². The maximum atomic E-state index is 12.2. The number of nitrogens with zero attached hydrogens (tertiary/aromatic N) is 1. The highest BCUT2D eigenvalue weighted by Gasteiger charge is 2.25. The maximum Gasteiger partial charge on any atom is 0.178 e. The second-order valence-electron chi connectivity index (χ2n) is 5.96. The number of carbonyl (C=O) groups excluding carboxylic acids is 1. The van der Waals surface area contributed by atoms with Crippen LogP contribution in [0.5, 0.6) is 0 Å². The monoisotopic (exact) mass is 357 g/mol. The topological polar surface area (TPSA) is 54.0 Å². The van der Waals surface area contributed by atoms with Crippen LogP contribution in [-0.2, 0) is 4.79 Å². The van der Waals surface area contributed by atoms with Crippen molar-refractivity contribution in [2.75, 3.05) is 0 Å². The first kappa shape index (κ1) is 16.3. The highest BCUT2D eigenvalue weighted by atomic mass is 79.9. The summed E-state index contributed by atoms with van der Waals surface area (Å²) in [5, 5.41) is 9.19. The zero-order valence-corrected chi connectivity index (χ0v) is 14.3. The number of nitriles is 1. The first-order valence-electron chi connectivity index (χ1n) is 6.83. The average molecular weight is 358 g/mol. The molecular weight excluding hydrogens is 342 g/mol. The summed E-state index contributed by atoms with van der Waals surface area (Å²) in [7, 11) is 0. The van der Waals surface area contributed by atoms with Crippen molar-refractivity contribution in [2.24, 2.45) is 5.41 Å². The largest absolute Gasteiger partial charge is 0.457 e. The van der Waals surface area contributed by atoms with Gasteiger partial charge in [0.1, 0.15) is 17.6 Å². The Bertz CT molecular complexity index is 756. The highest BCUT2D eigenvalue weighted by Crippen LogP contribution is 2.26. The molecule has 0 aliphatic carbocycles. The van der Waals surface area contributed by atoms with Crippen LogP contribution in [0.25, 0.3) is 17.4 Å². The summed E-state index contributed by atoms with van der Waals surface area (Å²) >= 11 is 3.39. The van der Waals surface area contributed by atoms with Crippen LogP contribution in [0.3, 0.4) is 0 Å². The van der Waals surface area contributed by atoms with Gasteiger partial charge in [-0.25, -0.2) is 0 Å². The number of hydrogen-bond acceptors (Lipinski definition) is 3. The molecule has 0 unspecified atom stereocenters. The van der Waals surface area contributed by atoms with Crippen LogP contribution in [0.2, 0.25) is 0 Å². The van der Waals surface area contributed by atoms with Crippen LogP contribution in [0.15, 0.2) is 50.9 Å². The molecule has 0 atom stereocenters. The third-order valence-electron chi connectivity index (χ3n) is 3.09. The van der Waals surface area contributed by atoms with Gasteiger partial charge in [-0.2, -0.15) is 5.26 Å². The predicted molar refractivity (Wildman–Crippen MR) is 89.9 cm³/mol. The SMILES string of the molecule is CC(C)(C)C(=O)C(C#N)=Cc1ccc(-c2ccc(Br)cc2)o1. The van der Waals surface area contributed by atoms with Gasteiger partial charge in [0, 0.05) is 21.5 Å². The Morgan fingerprint density at radius 2 is 1.82 bits per heavy atom. The number of Topliss-reactive ketones (excluding diaryl/α,β-unsaturated/α-hetero) is 1. The van der Waals surface area contributed by atoms with E-state index in [1.54, 1.807) is 26.8 Å². The molecule has 0 fully saturated rings. The van der Waals surface area contributed by atoms with Gasteiger partial charge in [0.15, 0.2) is 5.78 Å². The van der Waals surface area contributed by atoms with Crippen LogP contribution >= 0.6 is 15.9 Å². The van der Waals surface area contributed by atoms with Crippen LogP contribution in [0, 0.1) is 16.7 Å². The van der Waals surface area contributed by atoms with E-state index in [0.717, 1.165) is 10.0 Å². The first-order chi connectivity index (χ1) is 10.3. The van der Waals surface area contributed by atoms with Crippen molar-refractivity contribution in [3.63, 3.8) is 0 Å². The molecule has 0 aliphatic heterocycles. The van der Waals surface area contributed by atoms with Crippen molar-refractivity contribution in [3.05, 3.63) is 52.2 Å². The Hall–Kier alpha value is -2.12. The van der Waals surface area contributed by atoms with Gasteiger partial charge in [0.05, 0.1) is 5.57 Å². The lowest BCUT2D eigenvalue weighted by atomic mass is 9.86. The van der Waals surface area contributed by atoms with Crippen LogP contribution in [-0.4, -0.2) is 5.78 Å². The van der Waals surface area contributed by atoms with Gasteiger partial charge >= 0.3 is 0 Å². The van der Waals surface area contributed by atoms with E-state index < -0.39 is 5.41 Å². The molecule has 0 radical (unpaired) electrons. The van der Waals surface area contributed by atoms with Crippen LogP contribution in [0.4, 0.5) is 0 Å². The maximum absolute atomic E-state index is 12.2. The molecular formula is C18H16BrNO2. The number of rotatable bonds is 3. The molecule has 3 nitrogen and oxygen atoms in total. The fraction of sp³-hybridized carbons (Fsp3) is 0.222. The molecule has 0 saturated heterocycles. The van der Waals surface area contributed by atoms with Gasteiger partial charge in [-0.3, -0.25) is 4.79 Å². The summed E-state index contributed by atoms with van der Waals surface area (Å²) in [4.78, 5) is 12.2. The third-order valence-corrected chi connectivity index (χ3v) is 3.62. The lowest BCUT2D eigenvalue weighted by Gasteiger charge is -2.15. The number of carbonyl (C=O) groups is 1. The number of halogens is 1. The Morgan fingerprint density at radius 3 is 2.36 bits per heavy atom. The van der Waals surface area contributed by atoms with E-state index in [-0.39, 0.29) is 11.4 Å². The Labute approximate surface area is 138 Å². The minimum atomic E-state index is -0.595. The molecule has 2 rings (SSSR count). The van der Waals surface area contributed by atoms with E-state index in [1.165, 1.54) is 6.08 Å². The van der Waals surface area contributed by atoms with Gasteiger partial charge in [0.2, 0.25) is 0 Å². The minimum Gasteiger partial charge on any atom is -0.457 e. The Kier molecular flexibility index (Phi) is 4.68. The van der Waals surface area contributed by atoms with Gasteiger partial charge in [-0.15, -0.1) is 0 Å². The molecule has 112 valence electrons. The molecule has 0 saturated carbocycles. The molecule has 0 bridgehead atoms. The molecule has 0 N–H and O–H groups in total. The van der Waals surface area contributed by atoms with Crippen LogP contribution in [0.1, 0.15) is 26.5 Å². The molecule has 0 spiro atoms. The quantitative estimate of drug-likeness (QED) is 0.558. The molecule has 1 heterocycles. The van der Waals surface area contributed by atoms with Crippen molar-refractivity contribution in [1.29, 1.82) is 5.26 Å². The van der Waals surface area contributed by atoms with Crippen molar-refractivity contribution < 1.29 is 9.21 Å². The summed E-state index contributed by atoms with van der Waals surface area (Å²) < 4.78 is 6.70. The Morgan fingerprint density at radius 1 is 1.18 bits per heavy atom. The predicted octanol–water partition coefficient (Wildman–Crippen LogP) is 5.23. The standard InChI is InChI=1S/C18H16BrNO2/c1-18(2,3)17(21)13(11-20)10-15-8-9-16(22-15)12-4-6-14(19)7-5-12/h4-10H,1-3H3. The fourth-order valence-electron chi connectivity index (χ4n) is 1.89. The van der Waals surface area contributed by atoms with Crippen molar-refractivity contribution >= 4 is 27.8 Å². The summed E-state index contributed by atoms with van der Waals surface area (Å²) in [6.07, 6.45) is 1.50. The number of benzene rings is 1. The van der Waals surface area contributed by atoms with E-state index in [2.05, 4.69) is 15.9 Å². The smallest absolute Gasteiger partial charge is 0.178 e. The van der Waals surface area contributed by atoms with E-state index in [0.29, 0.717) is 11.5 Å². The lowest BCUT2D eigenvalue weighted by molar-refractivity contribution is -0.121. The fourth-order valence-corrected chi connectivity index (χ4v) is 2.16. The first-order valence-corrected chi connectivity index (χ1v) is 7.63. The van der Waals surface area contributed by atoms with Crippen molar-refractivity contribution in [2.45, 2.75) is 20.8 Å². The summed E-state index contributed by atoms with van der Waals surface area (Å²) in [6.45, 7) is 5.36. The number of hydrogen-bond donors (Lipinski definition) is 0. The third kappa shape index (κ3) is 3.75. The average Bonchev–Trinajstić information content (AvgIpc) is 2.92. The number of allylic oxidation sites excluding steroid dienone is 1. The van der Waals surface area contributed by atoms with E-state index in [1.807, 2.05) is 36.4 Å². The van der Waals surface area contributed by atoms with Gasteiger partial charge in [0.25, 0.3) is 0 Å². The zero-order chi connectivity index (χ0) is 16.3. The molecule has 0 amide bonds. The summed E-state index contributed by atoms with van der Waals surface area (Å²) in [5.74, 6) is 0.989. The van der Waals surface area contributed by atoms with E-state index in [9.17, 15) is 10.1 Å².